The molecule has 1 fully saturated rings. The molecule has 0 bridgehead atoms. The lowest BCUT2D eigenvalue weighted by Crippen LogP contribution is -2.49. The summed E-state index contributed by atoms with van der Waals surface area (Å²) in [5.74, 6) is 1.49. The molecule has 0 unspecified atom stereocenters. The summed E-state index contributed by atoms with van der Waals surface area (Å²) in [5.41, 5.74) is 4.98. The normalized spacial score (nSPS) is 13.8. The van der Waals surface area contributed by atoms with E-state index in [0.29, 0.717) is 32.6 Å². The highest BCUT2D eigenvalue weighted by Crippen LogP contribution is 2.26. The number of carbonyl (C=O) groups is 1. The first-order valence-electron chi connectivity index (χ1n) is 12.7. The van der Waals surface area contributed by atoms with E-state index in [1.165, 1.54) is 24.5 Å². The van der Waals surface area contributed by atoms with Crippen molar-refractivity contribution in [2.75, 3.05) is 31.1 Å². The molecule has 0 radical (unpaired) electrons. The Morgan fingerprint density at radius 3 is 2.37 bits per heavy atom. The molecule has 2 heterocycles. The van der Waals surface area contributed by atoms with Gasteiger partial charge >= 0.3 is 0 Å². The lowest BCUT2D eigenvalue weighted by atomic mass is 10.0. The van der Waals surface area contributed by atoms with E-state index in [1.807, 2.05) is 30.0 Å². The predicted molar refractivity (Wildman–Crippen MR) is 139 cm³/mol. The quantitative estimate of drug-likeness (QED) is 0.440. The summed E-state index contributed by atoms with van der Waals surface area (Å²) >= 11 is 0. The van der Waals surface area contributed by atoms with Crippen LogP contribution in [0.25, 0.3) is 0 Å². The standard InChI is InChI=1S/C29H35FN4O/c1-4-6-8-22-11-13-24(14-12-22)29(35)34-17-15-33(16-18-34)28-26(27(5-2)31-21(3)32-28)20-23-9-7-10-25(30)19-23/h7,9-14,19H,4-6,8,15-18,20H2,1-3H3. The first kappa shape index (κ1) is 24.8. The van der Waals surface area contributed by atoms with E-state index in [9.17, 15) is 9.18 Å². The van der Waals surface area contributed by atoms with Gasteiger partial charge in [0.25, 0.3) is 5.91 Å². The number of amides is 1. The van der Waals surface area contributed by atoms with E-state index in [1.54, 1.807) is 12.1 Å². The van der Waals surface area contributed by atoms with Crippen molar-refractivity contribution in [2.24, 2.45) is 0 Å². The third kappa shape index (κ3) is 6.05. The van der Waals surface area contributed by atoms with Crippen LogP contribution in [-0.4, -0.2) is 47.0 Å². The van der Waals surface area contributed by atoms with Gasteiger partial charge in [0.1, 0.15) is 17.5 Å². The van der Waals surface area contributed by atoms with Crippen molar-refractivity contribution in [3.63, 3.8) is 0 Å². The lowest BCUT2D eigenvalue weighted by Gasteiger charge is -2.36. The van der Waals surface area contributed by atoms with Crippen LogP contribution in [0, 0.1) is 12.7 Å². The average molecular weight is 475 g/mol. The Morgan fingerprint density at radius 1 is 0.971 bits per heavy atom. The number of aromatic nitrogens is 2. The lowest BCUT2D eigenvalue weighted by molar-refractivity contribution is 0.0746. The van der Waals surface area contributed by atoms with Crippen molar-refractivity contribution in [2.45, 2.75) is 52.9 Å². The zero-order chi connectivity index (χ0) is 24.8. The Bertz CT molecular complexity index is 1150. The molecule has 1 aliphatic heterocycles. The van der Waals surface area contributed by atoms with Gasteiger partial charge in [-0.25, -0.2) is 14.4 Å². The first-order valence-corrected chi connectivity index (χ1v) is 12.7. The van der Waals surface area contributed by atoms with Crippen LogP contribution in [0.3, 0.4) is 0 Å². The number of benzene rings is 2. The van der Waals surface area contributed by atoms with Crippen LogP contribution in [0.2, 0.25) is 0 Å². The summed E-state index contributed by atoms with van der Waals surface area (Å²) in [5, 5.41) is 0. The number of rotatable bonds is 8. The van der Waals surface area contributed by atoms with Crippen molar-refractivity contribution in [3.8, 4) is 0 Å². The van der Waals surface area contributed by atoms with Crippen LogP contribution >= 0.6 is 0 Å². The van der Waals surface area contributed by atoms with E-state index in [4.69, 9.17) is 4.98 Å². The maximum absolute atomic E-state index is 13.8. The third-order valence-corrected chi connectivity index (χ3v) is 6.67. The molecule has 184 valence electrons. The molecule has 2 aromatic carbocycles. The van der Waals surface area contributed by atoms with Gasteiger partial charge < -0.3 is 9.80 Å². The molecule has 1 saturated heterocycles. The summed E-state index contributed by atoms with van der Waals surface area (Å²) in [6.07, 6.45) is 4.76. The number of nitrogens with zero attached hydrogens (tertiary/aromatic N) is 4. The number of hydrogen-bond acceptors (Lipinski definition) is 4. The Labute approximate surface area is 208 Å². The molecule has 6 heteroatoms. The molecular formula is C29H35FN4O. The Balaban J connectivity index is 1.48. The van der Waals surface area contributed by atoms with E-state index in [2.05, 4.69) is 35.9 Å². The summed E-state index contributed by atoms with van der Waals surface area (Å²) in [6.45, 7) is 8.88. The molecule has 5 nitrogen and oxygen atoms in total. The fourth-order valence-corrected chi connectivity index (χ4v) is 4.72. The topological polar surface area (TPSA) is 49.3 Å². The van der Waals surface area contributed by atoms with Gasteiger partial charge in [-0.15, -0.1) is 0 Å². The zero-order valence-electron chi connectivity index (χ0n) is 21.1. The molecule has 0 saturated carbocycles. The fraction of sp³-hybridized carbons (Fsp3) is 0.414. The van der Waals surface area contributed by atoms with Gasteiger partial charge in [0.05, 0.1) is 0 Å². The third-order valence-electron chi connectivity index (χ3n) is 6.67. The molecular weight excluding hydrogens is 439 g/mol. The molecule has 4 rings (SSSR count). The Morgan fingerprint density at radius 2 is 1.71 bits per heavy atom. The highest BCUT2D eigenvalue weighted by atomic mass is 19.1. The van der Waals surface area contributed by atoms with Gasteiger partial charge in [-0.1, -0.05) is 44.5 Å². The van der Waals surface area contributed by atoms with E-state index in [-0.39, 0.29) is 11.7 Å². The van der Waals surface area contributed by atoms with Crippen molar-refractivity contribution >= 4 is 11.7 Å². The smallest absolute Gasteiger partial charge is 0.253 e. The number of piperazine rings is 1. The van der Waals surface area contributed by atoms with Gasteiger partial charge in [-0.2, -0.15) is 0 Å². The molecule has 35 heavy (non-hydrogen) atoms. The van der Waals surface area contributed by atoms with E-state index in [0.717, 1.165) is 46.9 Å². The van der Waals surface area contributed by atoms with Crippen LogP contribution in [0.5, 0.6) is 0 Å². The second-order valence-electron chi connectivity index (χ2n) is 9.26. The summed E-state index contributed by atoms with van der Waals surface area (Å²) < 4.78 is 13.8. The Kier molecular flexibility index (Phi) is 8.11. The summed E-state index contributed by atoms with van der Waals surface area (Å²) in [4.78, 5) is 26.8. The summed E-state index contributed by atoms with van der Waals surface area (Å²) in [7, 11) is 0. The molecule has 1 aliphatic rings. The second kappa shape index (κ2) is 11.4. The van der Waals surface area contributed by atoms with Crippen molar-refractivity contribution in [1.29, 1.82) is 0 Å². The first-order chi connectivity index (χ1) is 17.0. The number of carbonyl (C=O) groups excluding carboxylic acids is 1. The molecule has 0 atom stereocenters. The van der Waals surface area contributed by atoms with Crippen LogP contribution in [0.1, 0.15) is 65.3 Å². The minimum Gasteiger partial charge on any atom is -0.353 e. The van der Waals surface area contributed by atoms with Gasteiger partial charge in [-0.05, 0) is 61.6 Å². The predicted octanol–water partition coefficient (Wildman–Crippen LogP) is 5.38. The number of aryl methyl sites for hydroxylation is 3. The van der Waals surface area contributed by atoms with Crippen LogP contribution in [0.4, 0.5) is 10.2 Å². The number of hydrogen-bond donors (Lipinski definition) is 0. The van der Waals surface area contributed by atoms with Crippen LogP contribution in [0.15, 0.2) is 48.5 Å². The molecule has 0 N–H and O–H groups in total. The van der Waals surface area contributed by atoms with Crippen LogP contribution in [-0.2, 0) is 19.3 Å². The second-order valence-corrected chi connectivity index (χ2v) is 9.26. The fourth-order valence-electron chi connectivity index (χ4n) is 4.72. The van der Waals surface area contributed by atoms with Gasteiger partial charge in [0.15, 0.2) is 0 Å². The maximum Gasteiger partial charge on any atom is 0.253 e. The number of anilines is 1. The van der Waals surface area contributed by atoms with E-state index < -0.39 is 0 Å². The van der Waals surface area contributed by atoms with E-state index >= 15 is 0 Å². The van der Waals surface area contributed by atoms with Crippen molar-refractivity contribution in [3.05, 3.63) is 88.1 Å². The zero-order valence-corrected chi connectivity index (χ0v) is 21.1. The minimum absolute atomic E-state index is 0.0831. The van der Waals surface area contributed by atoms with Gasteiger partial charge in [-0.3, -0.25) is 4.79 Å². The molecule has 0 aliphatic carbocycles. The molecule has 1 aromatic heterocycles. The molecule has 1 amide bonds. The SMILES string of the molecule is CCCCc1ccc(C(=O)N2CCN(c3nc(C)nc(CC)c3Cc3cccc(F)c3)CC2)cc1. The molecule has 0 spiro atoms. The maximum atomic E-state index is 13.8. The van der Waals surface area contributed by atoms with Crippen molar-refractivity contribution < 1.29 is 9.18 Å². The highest BCUT2D eigenvalue weighted by Gasteiger charge is 2.26. The van der Waals surface area contributed by atoms with Gasteiger partial charge in [0, 0.05) is 49.4 Å². The summed E-state index contributed by atoms with van der Waals surface area (Å²) in [6, 6.07) is 14.8. The number of halogens is 1. The largest absolute Gasteiger partial charge is 0.353 e. The van der Waals surface area contributed by atoms with Crippen molar-refractivity contribution in [1.82, 2.24) is 14.9 Å². The van der Waals surface area contributed by atoms with Crippen LogP contribution < -0.4 is 4.90 Å². The highest BCUT2D eigenvalue weighted by molar-refractivity contribution is 5.94. The average Bonchev–Trinajstić information content (AvgIpc) is 2.88. The molecule has 3 aromatic rings. The van der Waals surface area contributed by atoms with Gasteiger partial charge in [0.2, 0.25) is 0 Å². The Hall–Kier alpha value is -3.28. The monoisotopic (exact) mass is 474 g/mol. The number of unbranched alkanes of at least 4 members (excludes halogenated alkanes) is 1. The minimum atomic E-state index is -0.236.